The van der Waals surface area contributed by atoms with Gasteiger partial charge in [-0.3, -0.25) is 0 Å². The van der Waals surface area contributed by atoms with Gasteiger partial charge >= 0.3 is 0 Å². The molecule has 0 saturated carbocycles. The van der Waals surface area contributed by atoms with Gasteiger partial charge in [-0.2, -0.15) is 0 Å². The molecule has 0 aromatic rings. The van der Waals surface area contributed by atoms with E-state index in [1.165, 1.54) is 0 Å². The first-order chi connectivity index (χ1) is 28.8. The van der Waals surface area contributed by atoms with Crippen LogP contribution < -0.4 is 5.73 Å². The van der Waals surface area contributed by atoms with Crippen molar-refractivity contribution in [3.8, 4) is 0 Å². The topological polar surface area (TPSA) is 26.0 Å². The molecular formula is C57H11N. The predicted octanol–water partition coefficient (Wildman–Crippen LogP) is 8.99. The third-order valence-corrected chi connectivity index (χ3v) is 3.94. The van der Waals surface area contributed by atoms with Crippen LogP contribution in [-0.2, 0) is 0 Å². The Kier molecular flexibility index (Phi) is 34.5. The Labute approximate surface area is 334 Å². The van der Waals surface area contributed by atoms with Crippen molar-refractivity contribution >= 4 is 0 Å². The smallest absolute Gasteiger partial charge is 0.0127 e. The van der Waals surface area contributed by atoms with E-state index in [-0.39, 0.29) is 0 Å². The summed E-state index contributed by atoms with van der Waals surface area (Å²) in [6.45, 7) is 7.02. The Balaban J connectivity index is 6.31. The lowest BCUT2D eigenvalue weighted by molar-refractivity contribution is 0.976. The number of rotatable bonds is 3. The van der Waals surface area contributed by atoms with Gasteiger partial charge in [0.15, 0.2) is 0 Å². The number of hydrogen-bond donors (Lipinski definition) is 1. The van der Waals surface area contributed by atoms with Crippen LogP contribution in [0.5, 0.6) is 0 Å². The fourth-order valence-corrected chi connectivity index (χ4v) is 2.03. The van der Waals surface area contributed by atoms with Crippen LogP contribution in [-0.4, -0.2) is 6.54 Å². The second kappa shape index (κ2) is 43.2. The molecule has 0 unspecified atom stereocenters. The van der Waals surface area contributed by atoms with Crippen molar-refractivity contribution < 1.29 is 0 Å². The molecule has 58 heavy (non-hydrogen) atoms. The summed E-state index contributed by atoms with van der Waals surface area (Å²) in [4.78, 5) is 0. The van der Waals surface area contributed by atoms with Gasteiger partial charge in [0.2, 0.25) is 0 Å². The van der Waals surface area contributed by atoms with Crippen molar-refractivity contribution in [1.82, 2.24) is 0 Å². The number of allylic oxidation sites excluding steroid dienone is 1. The lowest BCUT2D eigenvalue weighted by Crippen LogP contribution is -1.98. The molecule has 0 aliphatic rings. The second-order valence-electron chi connectivity index (χ2n) is 7.71. The molecule has 0 saturated heterocycles. The Bertz CT molecular complexity index is 3880. The molecule has 0 bridgehead atoms. The normalized spacial score (nSPS) is 4.50. The number of hydrogen-bond acceptors (Lipinski definition) is 1. The fraction of sp³-hybridized carbons (Fsp3) is 0.0351. The monoisotopic (exact) mass is 709 g/mol. The van der Waals surface area contributed by atoms with Gasteiger partial charge in [0, 0.05) is 97.6 Å². The maximum atomic E-state index is 5.63. The van der Waals surface area contributed by atoms with Crippen LogP contribution in [0.3, 0.4) is 0 Å². The van der Waals surface area contributed by atoms with E-state index in [2.05, 4.69) is 305 Å². The Morgan fingerprint density at radius 2 is 0.466 bits per heavy atom. The zero-order valence-corrected chi connectivity index (χ0v) is 30.0. The maximum Gasteiger partial charge on any atom is 0.0127 e. The maximum absolute atomic E-state index is 5.63. The minimum absolute atomic E-state index is 0.386. The molecule has 1 nitrogen and oxygen atoms in total. The average Bonchev–Trinajstić information content (AvgIpc) is 3.23. The molecule has 0 amide bonds. The molecule has 0 fully saturated rings. The van der Waals surface area contributed by atoms with E-state index in [1.54, 1.807) is 6.08 Å². The van der Waals surface area contributed by atoms with Gasteiger partial charge in [-0.05, 0) is 210 Å². The largest absolute Gasteiger partial charge is 0.330 e. The summed E-state index contributed by atoms with van der Waals surface area (Å²) in [5.74, 6) is 0. The van der Waals surface area contributed by atoms with Crippen LogP contribution in [0.25, 0.3) is 0 Å². The molecule has 1 heteroatoms. The molecule has 0 spiro atoms. The first-order valence-electron chi connectivity index (χ1n) is 15.0. The highest BCUT2D eigenvalue weighted by Crippen LogP contribution is 1.97. The van der Waals surface area contributed by atoms with Gasteiger partial charge in [0.25, 0.3) is 0 Å². The molecule has 0 aromatic carbocycles. The molecule has 0 aliphatic heterocycles. The zero-order valence-electron chi connectivity index (χ0n) is 30.0. The third-order valence-electron chi connectivity index (χ3n) is 3.94. The summed E-state index contributed by atoms with van der Waals surface area (Å²) in [5.41, 5.74) is 135. The Hall–Kier alpha value is -11.8. The minimum atomic E-state index is 0.386. The Morgan fingerprint density at radius 3 is 0.672 bits per heavy atom. The van der Waals surface area contributed by atoms with Gasteiger partial charge in [-0.15, -0.1) is 0 Å². The van der Waals surface area contributed by atoms with Gasteiger partial charge in [0.1, 0.15) is 0 Å². The van der Waals surface area contributed by atoms with E-state index >= 15 is 0 Å². The first kappa shape index (κ1) is 46.2. The van der Waals surface area contributed by atoms with E-state index < -0.39 is 0 Å². The van der Waals surface area contributed by atoms with Crippen LogP contribution in [0.1, 0.15) is 6.42 Å². The average molecular weight is 710 g/mol. The third kappa shape index (κ3) is 40.4. The molecule has 2 N–H and O–H groups in total. The van der Waals surface area contributed by atoms with Crippen molar-refractivity contribution in [2.75, 3.05) is 6.54 Å². The summed E-state index contributed by atoms with van der Waals surface area (Å²) in [6, 6.07) is 0. The summed E-state index contributed by atoms with van der Waals surface area (Å²) >= 11 is 0. The van der Waals surface area contributed by atoms with Crippen molar-refractivity contribution in [3.05, 3.63) is 317 Å². The highest BCUT2D eigenvalue weighted by molar-refractivity contribution is 5.17. The van der Waals surface area contributed by atoms with E-state index in [1.807, 2.05) is 0 Å². The van der Waals surface area contributed by atoms with Crippen LogP contribution >= 0.6 is 0 Å². The zero-order chi connectivity index (χ0) is 41.8. The van der Waals surface area contributed by atoms with Crippen LogP contribution in [0.2, 0.25) is 0 Å². The lowest BCUT2D eigenvalue weighted by Gasteiger charge is -1.89. The highest BCUT2D eigenvalue weighted by Gasteiger charge is 1.86. The summed E-state index contributed by atoms with van der Waals surface area (Å²) in [7, 11) is 0. The van der Waals surface area contributed by atoms with Gasteiger partial charge in [-0.25, -0.2) is 0 Å². The van der Waals surface area contributed by atoms with Gasteiger partial charge in [-0.1, -0.05) is 22.9 Å². The van der Waals surface area contributed by atoms with Crippen molar-refractivity contribution in [2.24, 2.45) is 5.73 Å². The molecule has 0 atom stereocenters. The molecule has 0 aromatic heterocycles. The molecule has 0 rings (SSSR count). The fourth-order valence-electron chi connectivity index (χ4n) is 2.03. The predicted molar refractivity (Wildman–Crippen MR) is 212 cm³/mol. The van der Waals surface area contributed by atoms with E-state index in [9.17, 15) is 0 Å². The standard InChI is InChI=1S/C57H11N/c1-3-5-7-9-11-13-15-17-19-21-23-25-26-27-28-29-30-31-32-34-36-38-40-42-44-46-48-50-52-54-57(55-56-58)53-51-49-47-45-43-41-39-37-35-33-24-22-20-18-16-14-12-10-8-6-4-2/h54H,1-2,55-56,58H2. The van der Waals surface area contributed by atoms with Gasteiger partial charge < -0.3 is 5.73 Å². The van der Waals surface area contributed by atoms with Crippen molar-refractivity contribution in [3.63, 3.8) is 0 Å². The van der Waals surface area contributed by atoms with Crippen LogP contribution in [0, 0.1) is 0 Å². The quantitative estimate of drug-likeness (QED) is 0.230. The van der Waals surface area contributed by atoms with Crippen molar-refractivity contribution in [2.45, 2.75) is 6.42 Å². The van der Waals surface area contributed by atoms with Crippen LogP contribution in [0.15, 0.2) is 317 Å². The molecular weight excluding hydrogens is 699 g/mol. The summed E-state index contributed by atoms with van der Waals surface area (Å²) in [5, 5.41) is 0. The van der Waals surface area contributed by atoms with E-state index in [0.29, 0.717) is 18.5 Å². The van der Waals surface area contributed by atoms with Crippen molar-refractivity contribution in [1.29, 1.82) is 0 Å². The molecule has 0 heterocycles. The summed E-state index contributed by atoms with van der Waals surface area (Å²) in [6.07, 6.45) is 2.12. The van der Waals surface area contributed by atoms with Crippen LogP contribution in [0.4, 0.5) is 0 Å². The van der Waals surface area contributed by atoms with E-state index in [4.69, 9.17) is 5.73 Å². The van der Waals surface area contributed by atoms with E-state index in [0.717, 1.165) is 0 Å². The first-order valence-corrected chi connectivity index (χ1v) is 15.0. The lowest BCUT2D eigenvalue weighted by atomic mass is 10.2. The molecule has 0 radical (unpaired) electrons. The molecule has 244 valence electrons. The SMILES string of the molecule is C=C=C=C=C=C=C=C=C=C=C=C=C=C=C=C=C=C=C=C=C=C=C=C=C=C=C=C=C=C=CC(=C=C=C=C=C=C=C=C=C=C=C=C=C=C=C=C=C=C=C=C=C=C=C)CCN. The van der Waals surface area contributed by atoms with Gasteiger partial charge in [0.05, 0.1) is 0 Å². The minimum Gasteiger partial charge on any atom is -0.330 e. The molecule has 0 aliphatic carbocycles. The summed E-state index contributed by atoms with van der Waals surface area (Å²) < 4.78 is 0. The Morgan fingerprint density at radius 1 is 0.276 bits per heavy atom. The number of nitrogens with two attached hydrogens (primary N) is 1. The second-order valence-corrected chi connectivity index (χ2v) is 7.71. The highest BCUT2D eigenvalue weighted by atomic mass is 14.5.